The number of nitrogens with zero attached hydrogens (tertiary/aromatic N) is 2. The van der Waals surface area contributed by atoms with Crippen molar-refractivity contribution in [2.45, 2.75) is 45.7 Å². The molecule has 2 unspecified atom stereocenters. The number of carbonyl (C=O) groups is 1. The number of hydrogen-bond donors (Lipinski definition) is 1. The fraction of sp³-hybridized carbons (Fsp3) is 0.667. The Morgan fingerprint density at radius 2 is 2.24 bits per heavy atom. The van der Waals surface area contributed by atoms with Gasteiger partial charge in [-0.1, -0.05) is 0 Å². The molecule has 2 atom stereocenters. The second-order valence-corrected chi connectivity index (χ2v) is 4.83. The lowest BCUT2D eigenvalue weighted by atomic mass is 9.95. The van der Waals surface area contributed by atoms with Crippen LogP contribution in [0, 0.1) is 13.8 Å². The Hall–Kier alpha value is -1.36. The van der Waals surface area contributed by atoms with E-state index < -0.39 is 11.5 Å². The lowest BCUT2D eigenvalue weighted by molar-refractivity contribution is -0.147. The van der Waals surface area contributed by atoms with Crippen molar-refractivity contribution in [2.24, 2.45) is 5.73 Å². The molecule has 0 saturated heterocycles. The van der Waals surface area contributed by atoms with Gasteiger partial charge in [-0.05, 0) is 40.2 Å². The molecule has 0 saturated carbocycles. The van der Waals surface area contributed by atoms with Crippen molar-refractivity contribution in [3.8, 4) is 0 Å². The number of nitrogens with two attached hydrogens (primary N) is 1. The Balaban J connectivity index is 2.82. The van der Waals surface area contributed by atoms with Crippen LogP contribution in [0.1, 0.15) is 37.7 Å². The number of aryl methyl sites for hydroxylation is 2. The van der Waals surface area contributed by atoms with Crippen LogP contribution in [-0.4, -0.2) is 28.4 Å². The minimum absolute atomic E-state index is 0.0535. The van der Waals surface area contributed by atoms with Gasteiger partial charge >= 0.3 is 5.97 Å². The zero-order chi connectivity index (χ0) is 13.2. The summed E-state index contributed by atoms with van der Waals surface area (Å²) in [6.07, 6.45) is 0.488. The highest BCUT2D eigenvalue weighted by Crippen LogP contribution is 2.21. The molecular weight excluding hydrogens is 218 g/mol. The second kappa shape index (κ2) is 4.87. The first kappa shape index (κ1) is 13.7. The lowest BCUT2D eigenvalue weighted by Crippen LogP contribution is -2.47. The number of methoxy groups -OCH3 is 1. The number of rotatable bonds is 4. The molecule has 0 aliphatic heterocycles. The average molecular weight is 239 g/mol. The molecule has 0 aliphatic carbocycles. The van der Waals surface area contributed by atoms with Crippen molar-refractivity contribution in [1.82, 2.24) is 9.78 Å². The molecule has 1 aromatic heterocycles. The van der Waals surface area contributed by atoms with Gasteiger partial charge in [0.1, 0.15) is 5.54 Å². The third-order valence-electron chi connectivity index (χ3n) is 2.83. The first-order valence-corrected chi connectivity index (χ1v) is 5.68. The van der Waals surface area contributed by atoms with Crippen LogP contribution in [0.3, 0.4) is 0 Å². The van der Waals surface area contributed by atoms with Gasteiger partial charge in [0, 0.05) is 5.69 Å². The Labute approximate surface area is 102 Å². The maximum absolute atomic E-state index is 11.5. The third-order valence-corrected chi connectivity index (χ3v) is 2.83. The summed E-state index contributed by atoms with van der Waals surface area (Å²) in [6.45, 7) is 7.61. The van der Waals surface area contributed by atoms with E-state index in [1.54, 1.807) is 6.92 Å². The van der Waals surface area contributed by atoms with Crippen molar-refractivity contribution < 1.29 is 9.53 Å². The molecule has 5 nitrogen and oxygen atoms in total. The quantitative estimate of drug-likeness (QED) is 0.805. The summed E-state index contributed by atoms with van der Waals surface area (Å²) in [5.41, 5.74) is 6.99. The first-order valence-electron chi connectivity index (χ1n) is 5.68. The van der Waals surface area contributed by atoms with Gasteiger partial charge in [-0.15, -0.1) is 0 Å². The zero-order valence-corrected chi connectivity index (χ0v) is 11.2. The normalized spacial score (nSPS) is 16.4. The molecule has 1 aromatic rings. The predicted octanol–water partition coefficient (Wildman–Crippen LogP) is 1.34. The Bertz CT molecular complexity index is 410. The van der Waals surface area contributed by atoms with E-state index in [0.29, 0.717) is 6.42 Å². The standard InChI is InChI=1S/C12H21N3O2/c1-8-6-9(2)15(14-8)10(3)7-12(4,13)11(16)17-5/h6,10H,7,13H2,1-5H3. The van der Waals surface area contributed by atoms with Gasteiger partial charge < -0.3 is 10.5 Å². The van der Waals surface area contributed by atoms with E-state index in [-0.39, 0.29) is 6.04 Å². The van der Waals surface area contributed by atoms with Crippen LogP contribution >= 0.6 is 0 Å². The summed E-state index contributed by atoms with van der Waals surface area (Å²) in [5.74, 6) is -0.397. The van der Waals surface area contributed by atoms with E-state index in [1.165, 1.54) is 7.11 Å². The molecule has 2 N–H and O–H groups in total. The van der Waals surface area contributed by atoms with Gasteiger partial charge in [-0.2, -0.15) is 5.10 Å². The van der Waals surface area contributed by atoms with Gasteiger partial charge in [0.05, 0.1) is 18.8 Å². The molecular formula is C12H21N3O2. The van der Waals surface area contributed by atoms with Crippen molar-refractivity contribution in [3.05, 3.63) is 17.5 Å². The largest absolute Gasteiger partial charge is 0.468 e. The van der Waals surface area contributed by atoms with Crippen LogP contribution < -0.4 is 5.73 Å². The van der Waals surface area contributed by atoms with E-state index in [2.05, 4.69) is 5.10 Å². The van der Waals surface area contributed by atoms with Crippen molar-refractivity contribution >= 4 is 5.97 Å². The molecule has 1 heterocycles. The maximum atomic E-state index is 11.5. The van der Waals surface area contributed by atoms with Gasteiger partial charge in [-0.25, -0.2) is 0 Å². The van der Waals surface area contributed by atoms with E-state index in [0.717, 1.165) is 11.4 Å². The van der Waals surface area contributed by atoms with E-state index in [1.807, 2.05) is 31.5 Å². The Morgan fingerprint density at radius 1 is 1.65 bits per heavy atom. The summed E-state index contributed by atoms with van der Waals surface area (Å²) < 4.78 is 6.59. The molecule has 0 radical (unpaired) electrons. The van der Waals surface area contributed by atoms with Crippen LogP contribution in [0.2, 0.25) is 0 Å². The minimum Gasteiger partial charge on any atom is -0.468 e. The molecule has 0 amide bonds. The van der Waals surface area contributed by atoms with Crippen LogP contribution in [-0.2, 0) is 9.53 Å². The monoisotopic (exact) mass is 239 g/mol. The molecule has 0 aromatic carbocycles. The van der Waals surface area contributed by atoms with Crippen molar-refractivity contribution in [3.63, 3.8) is 0 Å². The summed E-state index contributed by atoms with van der Waals surface area (Å²) in [7, 11) is 1.35. The first-order chi connectivity index (χ1) is 7.77. The van der Waals surface area contributed by atoms with Crippen molar-refractivity contribution in [1.29, 1.82) is 0 Å². The average Bonchev–Trinajstić information content (AvgIpc) is 2.56. The minimum atomic E-state index is -0.986. The van der Waals surface area contributed by atoms with Crippen LogP contribution in [0.15, 0.2) is 6.07 Å². The van der Waals surface area contributed by atoms with E-state index in [9.17, 15) is 4.79 Å². The van der Waals surface area contributed by atoms with Gasteiger partial charge in [0.25, 0.3) is 0 Å². The third kappa shape index (κ3) is 3.06. The summed E-state index contributed by atoms with van der Waals surface area (Å²) in [5, 5.41) is 4.39. The molecule has 0 fully saturated rings. The van der Waals surface area contributed by atoms with Gasteiger partial charge in [-0.3, -0.25) is 9.48 Å². The van der Waals surface area contributed by atoms with Gasteiger partial charge in [0.15, 0.2) is 0 Å². The zero-order valence-electron chi connectivity index (χ0n) is 11.2. The number of aromatic nitrogens is 2. The van der Waals surface area contributed by atoms with Crippen molar-refractivity contribution in [2.75, 3.05) is 7.11 Å². The topological polar surface area (TPSA) is 70.1 Å². The fourth-order valence-corrected chi connectivity index (χ4v) is 2.11. The molecule has 0 spiro atoms. The smallest absolute Gasteiger partial charge is 0.325 e. The number of carbonyl (C=O) groups excluding carboxylic acids is 1. The second-order valence-electron chi connectivity index (χ2n) is 4.83. The molecule has 96 valence electrons. The number of ether oxygens (including phenoxy) is 1. The SMILES string of the molecule is COC(=O)C(C)(N)CC(C)n1nc(C)cc1C. The highest BCUT2D eigenvalue weighted by Gasteiger charge is 2.32. The van der Waals surface area contributed by atoms with Crippen LogP contribution in [0.25, 0.3) is 0 Å². The molecule has 0 aliphatic rings. The lowest BCUT2D eigenvalue weighted by Gasteiger charge is -2.25. The number of esters is 1. The van der Waals surface area contributed by atoms with E-state index in [4.69, 9.17) is 10.5 Å². The Morgan fingerprint density at radius 3 is 2.65 bits per heavy atom. The molecule has 1 rings (SSSR count). The fourth-order valence-electron chi connectivity index (χ4n) is 2.11. The summed E-state index contributed by atoms with van der Waals surface area (Å²) >= 11 is 0. The maximum Gasteiger partial charge on any atom is 0.325 e. The van der Waals surface area contributed by atoms with E-state index >= 15 is 0 Å². The molecule has 0 bridgehead atoms. The van der Waals surface area contributed by atoms with Crippen LogP contribution in [0.4, 0.5) is 0 Å². The van der Waals surface area contributed by atoms with Crippen LogP contribution in [0.5, 0.6) is 0 Å². The molecule has 5 heteroatoms. The Kier molecular flexibility index (Phi) is 3.93. The highest BCUT2D eigenvalue weighted by molar-refractivity contribution is 5.79. The summed E-state index contributed by atoms with van der Waals surface area (Å²) in [4.78, 5) is 11.5. The van der Waals surface area contributed by atoms with Gasteiger partial charge in [0.2, 0.25) is 0 Å². The summed E-state index contributed by atoms with van der Waals surface area (Å²) in [6, 6.07) is 2.06. The highest BCUT2D eigenvalue weighted by atomic mass is 16.5. The molecule has 17 heavy (non-hydrogen) atoms. The number of hydrogen-bond acceptors (Lipinski definition) is 4. The predicted molar refractivity (Wildman–Crippen MR) is 65.6 cm³/mol.